The Morgan fingerprint density at radius 3 is 1.13 bits per heavy atom. The van der Waals surface area contributed by atoms with Gasteiger partial charge in [-0.05, 0) is 96.3 Å². The Labute approximate surface area is 436 Å². The van der Waals surface area contributed by atoms with Crippen LogP contribution in [0.15, 0.2) is 48.6 Å². The van der Waals surface area contributed by atoms with E-state index in [1.54, 1.807) is 6.08 Å². The molecule has 2 atom stereocenters. The molecular formula is C64H119NO5. The maximum Gasteiger partial charge on any atom is 0.305 e. The van der Waals surface area contributed by atoms with Crippen LogP contribution in [0.1, 0.15) is 322 Å². The van der Waals surface area contributed by atoms with Gasteiger partial charge in [0.2, 0.25) is 5.91 Å². The SMILES string of the molecule is CCCCC/C=C\C/C=C\CCCCCCCCCC(=O)OCCCCC/C=C\CCCCCCCC(=O)NC(CO)C(O)/C=C/CCCCCCCCCCCCCCCCCCCCCCCC. The minimum Gasteiger partial charge on any atom is -0.466 e. The molecule has 410 valence electrons. The number of hydrogen-bond acceptors (Lipinski definition) is 5. The standard InChI is InChI=1S/C64H119NO5/c1-3-5-7-9-11-13-15-17-19-21-22-23-24-25-26-27-29-30-32-36-40-44-48-52-56-62(67)61(60-66)65-63(68)57-53-49-45-41-37-34-35-39-43-47-51-55-59-70-64(69)58-54-50-46-42-38-33-31-28-20-18-16-14-12-10-8-6-4-2/h12,14,18,20,35,39,52,56,61-62,66-67H,3-11,13,15-17,19,21-34,36-38,40-51,53-55,57-60H2,1-2H3,(H,65,68)/b14-12-,20-18-,39-35-,56-52+. The monoisotopic (exact) mass is 982 g/mol. The lowest BCUT2D eigenvalue weighted by atomic mass is 10.0. The molecule has 0 saturated carbocycles. The minimum atomic E-state index is -0.864. The average Bonchev–Trinajstić information content (AvgIpc) is 3.36. The average molecular weight is 983 g/mol. The molecular weight excluding hydrogens is 863 g/mol. The Kier molecular flexibility index (Phi) is 57.5. The van der Waals surface area contributed by atoms with E-state index in [0.29, 0.717) is 19.4 Å². The number of esters is 1. The largest absolute Gasteiger partial charge is 0.466 e. The van der Waals surface area contributed by atoms with Crippen LogP contribution in [-0.2, 0) is 14.3 Å². The summed E-state index contributed by atoms with van der Waals surface area (Å²) in [5.41, 5.74) is 0. The first-order valence-corrected chi connectivity index (χ1v) is 30.9. The van der Waals surface area contributed by atoms with Gasteiger partial charge in [-0.3, -0.25) is 9.59 Å². The molecule has 0 fully saturated rings. The van der Waals surface area contributed by atoms with Crippen LogP contribution in [0.2, 0.25) is 0 Å². The number of aliphatic hydroxyl groups is 2. The van der Waals surface area contributed by atoms with Crippen molar-refractivity contribution in [1.82, 2.24) is 5.32 Å². The Balaban J connectivity index is 3.53. The van der Waals surface area contributed by atoms with Gasteiger partial charge in [0.05, 0.1) is 25.4 Å². The molecule has 0 rings (SSSR count). The number of amides is 1. The summed E-state index contributed by atoms with van der Waals surface area (Å²) in [6.45, 7) is 4.83. The summed E-state index contributed by atoms with van der Waals surface area (Å²) in [6, 6.07) is -0.649. The fraction of sp³-hybridized carbons (Fsp3) is 0.844. The Morgan fingerprint density at radius 2 is 0.714 bits per heavy atom. The second-order valence-corrected chi connectivity index (χ2v) is 21.0. The lowest BCUT2D eigenvalue weighted by Gasteiger charge is -2.20. The van der Waals surface area contributed by atoms with Crippen LogP contribution in [0, 0.1) is 0 Å². The van der Waals surface area contributed by atoms with E-state index in [2.05, 4.69) is 55.6 Å². The zero-order valence-corrected chi connectivity index (χ0v) is 46.7. The second-order valence-electron chi connectivity index (χ2n) is 21.0. The molecule has 0 aromatic carbocycles. The highest BCUT2D eigenvalue weighted by Crippen LogP contribution is 2.17. The van der Waals surface area contributed by atoms with Crippen LogP contribution in [0.4, 0.5) is 0 Å². The molecule has 6 nitrogen and oxygen atoms in total. The van der Waals surface area contributed by atoms with Crippen LogP contribution in [0.5, 0.6) is 0 Å². The smallest absolute Gasteiger partial charge is 0.305 e. The van der Waals surface area contributed by atoms with Crippen LogP contribution in [0.25, 0.3) is 0 Å². The summed E-state index contributed by atoms with van der Waals surface area (Å²) in [7, 11) is 0. The van der Waals surface area contributed by atoms with Gasteiger partial charge >= 0.3 is 5.97 Å². The third-order valence-corrected chi connectivity index (χ3v) is 14.1. The summed E-state index contributed by atoms with van der Waals surface area (Å²) in [6.07, 6.45) is 75.7. The highest BCUT2D eigenvalue weighted by atomic mass is 16.5. The topological polar surface area (TPSA) is 95.9 Å². The zero-order valence-electron chi connectivity index (χ0n) is 46.7. The van der Waals surface area contributed by atoms with Gasteiger partial charge in [0, 0.05) is 12.8 Å². The van der Waals surface area contributed by atoms with Crippen molar-refractivity contribution in [2.45, 2.75) is 334 Å². The number of nitrogens with one attached hydrogen (secondary N) is 1. The summed E-state index contributed by atoms with van der Waals surface area (Å²) in [5, 5.41) is 23.2. The van der Waals surface area contributed by atoms with Gasteiger partial charge in [0.15, 0.2) is 0 Å². The van der Waals surface area contributed by atoms with Crippen molar-refractivity contribution in [1.29, 1.82) is 0 Å². The molecule has 0 aliphatic rings. The van der Waals surface area contributed by atoms with Gasteiger partial charge in [0.25, 0.3) is 0 Å². The molecule has 1 amide bonds. The number of rotatable bonds is 57. The van der Waals surface area contributed by atoms with E-state index in [9.17, 15) is 19.8 Å². The van der Waals surface area contributed by atoms with Crippen molar-refractivity contribution in [3.8, 4) is 0 Å². The number of carbonyl (C=O) groups excluding carboxylic acids is 2. The molecule has 0 aliphatic heterocycles. The second kappa shape index (κ2) is 59.4. The molecule has 0 spiro atoms. The molecule has 2 unspecified atom stereocenters. The first-order chi connectivity index (χ1) is 34.5. The highest BCUT2D eigenvalue weighted by Gasteiger charge is 2.18. The zero-order chi connectivity index (χ0) is 50.7. The van der Waals surface area contributed by atoms with Crippen LogP contribution < -0.4 is 5.32 Å². The van der Waals surface area contributed by atoms with Crippen molar-refractivity contribution < 1.29 is 24.5 Å². The van der Waals surface area contributed by atoms with E-state index in [1.165, 1.54) is 205 Å². The molecule has 0 aromatic rings. The van der Waals surface area contributed by atoms with E-state index in [4.69, 9.17) is 4.74 Å². The van der Waals surface area contributed by atoms with Gasteiger partial charge in [-0.2, -0.15) is 0 Å². The van der Waals surface area contributed by atoms with Gasteiger partial charge in [-0.15, -0.1) is 0 Å². The van der Waals surface area contributed by atoms with Crippen molar-refractivity contribution in [3.05, 3.63) is 48.6 Å². The lowest BCUT2D eigenvalue weighted by Crippen LogP contribution is -2.45. The van der Waals surface area contributed by atoms with Gasteiger partial charge in [-0.25, -0.2) is 0 Å². The molecule has 0 saturated heterocycles. The number of unbranched alkanes of at least 4 members (excludes halogenated alkanes) is 40. The Bertz CT molecular complexity index is 1180. The number of aliphatic hydroxyl groups excluding tert-OH is 2. The van der Waals surface area contributed by atoms with Crippen molar-refractivity contribution in [2.75, 3.05) is 13.2 Å². The molecule has 0 heterocycles. The Hall–Kier alpha value is -2.18. The fourth-order valence-electron chi connectivity index (χ4n) is 9.31. The molecule has 70 heavy (non-hydrogen) atoms. The number of ether oxygens (including phenoxy) is 1. The summed E-state index contributed by atoms with van der Waals surface area (Å²) >= 11 is 0. The fourth-order valence-corrected chi connectivity index (χ4v) is 9.31. The summed E-state index contributed by atoms with van der Waals surface area (Å²) in [4.78, 5) is 24.6. The predicted octanol–water partition coefficient (Wildman–Crippen LogP) is 19.4. The van der Waals surface area contributed by atoms with Crippen LogP contribution in [0.3, 0.4) is 0 Å². The number of allylic oxidation sites excluding steroid dienone is 7. The van der Waals surface area contributed by atoms with Crippen molar-refractivity contribution in [2.24, 2.45) is 0 Å². The van der Waals surface area contributed by atoms with Crippen molar-refractivity contribution >= 4 is 11.9 Å². The van der Waals surface area contributed by atoms with E-state index in [1.807, 2.05) is 6.08 Å². The van der Waals surface area contributed by atoms with E-state index >= 15 is 0 Å². The van der Waals surface area contributed by atoms with Crippen LogP contribution >= 0.6 is 0 Å². The summed E-state index contributed by atoms with van der Waals surface area (Å²) in [5.74, 6) is -0.124. The number of hydrogen-bond donors (Lipinski definition) is 3. The molecule has 0 radical (unpaired) electrons. The minimum absolute atomic E-state index is 0.0319. The van der Waals surface area contributed by atoms with Gasteiger partial charge < -0.3 is 20.3 Å². The highest BCUT2D eigenvalue weighted by molar-refractivity contribution is 5.76. The third kappa shape index (κ3) is 55.1. The van der Waals surface area contributed by atoms with Gasteiger partial charge in [0.1, 0.15) is 0 Å². The molecule has 0 aliphatic carbocycles. The Morgan fingerprint density at radius 1 is 0.400 bits per heavy atom. The first-order valence-electron chi connectivity index (χ1n) is 30.9. The van der Waals surface area contributed by atoms with Crippen LogP contribution in [-0.4, -0.2) is 47.4 Å². The summed E-state index contributed by atoms with van der Waals surface area (Å²) < 4.78 is 5.46. The predicted molar refractivity (Wildman–Crippen MR) is 306 cm³/mol. The van der Waals surface area contributed by atoms with E-state index in [0.717, 1.165) is 89.9 Å². The molecule has 6 heteroatoms. The third-order valence-electron chi connectivity index (χ3n) is 14.1. The molecule has 3 N–H and O–H groups in total. The molecule has 0 aromatic heterocycles. The van der Waals surface area contributed by atoms with E-state index in [-0.39, 0.29) is 18.5 Å². The van der Waals surface area contributed by atoms with Crippen molar-refractivity contribution in [3.63, 3.8) is 0 Å². The maximum absolute atomic E-state index is 12.5. The first kappa shape index (κ1) is 67.8. The van der Waals surface area contributed by atoms with Gasteiger partial charge in [-0.1, -0.05) is 262 Å². The number of carbonyl (C=O) groups is 2. The normalized spacial score (nSPS) is 12.9. The maximum atomic E-state index is 12.5. The van der Waals surface area contributed by atoms with E-state index < -0.39 is 12.1 Å². The lowest BCUT2D eigenvalue weighted by molar-refractivity contribution is -0.143. The quantitative estimate of drug-likeness (QED) is 0.0321. The molecule has 0 bridgehead atoms.